The molecule has 2 rings (SSSR count). The summed E-state index contributed by atoms with van der Waals surface area (Å²) in [6.07, 6.45) is 1.65. The van der Waals surface area contributed by atoms with Crippen molar-refractivity contribution in [2.45, 2.75) is 25.8 Å². The normalized spacial score (nSPS) is 12.6. The SMILES string of the molecule is CCNC(Cc1cccs1)Cc1cc(Br)ccc1F. The van der Waals surface area contributed by atoms with Crippen LogP contribution in [0.2, 0.25) is 0 Å². The van der Waals surface area contributed by atoms with E-state index in [4.69, 9.17) is 0 Å². The van der Waals surface area contributed by atoms with Gasteiger partial charge in [-0.2, -0.15) is 0 Å². The highest BCUT2D eigenvalue weighted by molar-refractivity contribution is 9.10. The minimum Gasteiger partial charge on any atom is -0.314 e. The van der Waals surface area contributed by atoms with Gasteiger partial charge in [0.15, 0.2) is 0 Å². The summed E-state index contributed by atoms with van der Waals surface area (Å²) in [5.41, 5.74) is 0.761. The van der Waals surface area contributed by atoms with Gasteiger partial charge in [-0.3, -0.25) is 0 Å². The lowest BCUT2D eigenvalue weighted by Crippen LogP contribution is -2.33. The van der Waals surface area contributed by atoms with Crippen LogP contribution in [0.15, 0.2) is 40.2 Å². The molecule has 102 valence electrons. The number of thiophene rings is 1. The number of likely N-dealkylation sites (N-methyl/N-ethyl adjacent to an activating group) is 1. The summed E-state index contributed by atoms with van der Waals surface area (Å²) in [6.45, 7) is 2.98. The standard InChI is InChI=1S/C15H17BrFNS/c1-2-18-13(10-14-4-3-7-19-14)9-11-8-12(16)5-6-15(11)17/h3-8,13,18H,2,9-10H2,1H3. The first-order chi connectivity index (χ1) is 9.19. The van der Waals surface area contributed by atoms with Gasteiger partial charge >= 0.3 is 0 Å². The van der Waals surface area contributed by atoms with Crippen LogP contribution in [0.5, 0.6) is 0 Å². The molecular weight excluding hydrogens is 325 g/mol. The van der Waals surface area contributed by atoms with E-state index in [1.165, 1.54) is 10.9 Å². The molecule has 0 radical (unpaired) electrons. The Morgan fingerprint density at radius 3 is 2.84 bits per heavy atom. The third kappa shape index (κ3) is 4.41. The molecule has 0 fully saturated rings. The van der Waals surface area contributed by atoms with Gasteiger partial charge in [-0.1, -0.05) is 28.9 Å². The molecule has 0 saturated heterocycles. The van der Waals surface area contributed by atoms with Crippen molar-refractivity contribution in [3.05, 3.63) is 56.4 Å². The highest BCUT2D eigenvalue weighted by Gasteiger charge is 2.13. The fourth-order valence-electron chi connectivity index (χ4n) is 2.14. The number of hydrogen-bond acceptors (Lipinski definition) is 2. The maximum Gasteiger partial charge on any atom is 0.126 e. The largest absolute Gasteiger partial charge is 0.314 e. The van der Waals surface area contributed by atoms with Crippen LogP contribution in [-0.4, -0.2) is 12.6 Å². The summed E-state index contributed by atoms with van der Waals surface area (Å²) in [4.78, 5) is 1.33. The zero-order chi connectivity index (χ0) is 13.7. The van der Waals surface area contributed by atoms with Crippen molar-refractivity contribution in [2.24, 2.45) is 0 Å². The van der Waals surface area contributed by atoms with Crippen molar-refractivity contribution in [3.63, 3.8) is 0 Å². The number of rotatable bonds is 6. The first-order valence-corrected chi connectivity index (χ1v) is 8.06. The number of nitrogens with one attached hydrogen (secondary N) is 1. The summed E-state index contributed by atoms with van der Waals surface area (Å²) in [7, 11) is 0. The second-order valence-corrected chi connectivity index (χ2v) is 6.43. The summed E-state index contributed by atoms with van der Waals surface area (Å²) in [6, 6.07) is 9.59. The smallest absolute Gasteiger partial charge is 0.126 e. The van der Waals surface area contributed by atoms with Gasteiger partial charge in [0.25, 0.3) is 0 Å². The summed E-state index contributed by atoms with van der Waals surface area (Å²) >= 11 is 5.15. The summed E-state index contributed by atoms with van der Waals surface area (Å²) in [5, 5.41) is 5.52. The van der Waals surface area contributed by atoms with Gasteiger partial charge in [0.1, 0.15) is 5.82 Å². The minimum absolute atomic E-state index is 0.128. The molecule has 0 saturated carbocycles. The topological polar surface area (TPSA) is 12.0 Å². The van der Waals surface area contributed by atoms with Crippen LogP contribution in [-0.2, 0) is 12.8 Å². The van der Waals surface area contributed by atoms with Gasteiger partial charge in [-0.05, 0) is 54.6 Å². The Balaban J connectivity index is 2.09. The van der Waals surface area contributed by atoms with Crippen LogP contribution in [0, 0.1) is 5.82 Å². The van der Waals surface area contributed by atoms with E-state index in [1.54, 1.807) is 17.4 Å². The van der Waals surface area contributed by atoms with E-state index in [0.29, 0.717) is 6.42 Å². The van der Waals surface area contributed by atoms with E-state index >= 15 is 0 Å². The zero-order valence-electron chi connectivity index (χ0n) is 10.8. The van der Waals surface area contributed by atoms with Crippen LogP contribution in [0.1, 0.15) is 17.4 Å². The third-order valence-corrected chi connectivity index (χ3v) is 4.39. The number of halogens is 2. The number of hydrogen-bond donors (Lipinski definition) is 1. The van der Waals surface area contributed by atoms with Crippen LogP contribution >= 0.6 is 27.3 Å². The predicted molar refractivity (Wildman–Crippen MR) is 83.3 cm³/mol. The third-order valence-electron chi connectivity index (χ3n) is 2.99. The van der Waals surface area contributed by atoms with Crippen molar-refractivity contribution < 1.29 is 4.39 Å². The van der Waals surface area contributed by atoms with Crippen molar-refractivity contribution >= 4 is 27.3 Å². The molecule has 0 bridgehead atoms. The average molecular weight is 342 g/mol. The summed E-state index contributed by atoms with van der Waals surface area (Å²) < 4.78 is 14.7. The monoisotopic (exact) mass is 341 g/mol. The molecule has 1 N–H and O–H groups in total. The van der Waals surface area contributed by atoms with Gasteiger partial charge in [-0.25, -0.2) is 4.39 Å². The van der Waals surface area contributed by atoms with Crippen molar-refractivity contribution in [1.29, 1.82) is 0 Å². The van der Waals surface area contributed by atoms with Crippen molar-refractivity contribution in [3.8, 4) is 0 Å². The molecular formula is C15H17BrFNS. The minimum atomic E-state index is -0.128. The highest BCUT2D eigenvalue weighted by Crippen LogP contribution is 2.19. The van der Waals surface area contributed by atoms with Crippen LogP contribution in [0.3, 0.4) is 0 Å². The Kier molecular flexibility index (Phi) is 5.55. The molecule has 1 heterocycles. The molecule has 0 spiro atoms. The van der Waals surface area contributed by atoms with Crippen molar-refractivity contribution in [2.75, 3.05) is 6.54 Å². The van der Waals surface area contributed by atoms with Gasteiger partial charge in [-0.15, -0.1) is 11.3 Å². The lowest BCUT2D eigenvalue weighted by Gasteiger charge is -2.17. The Labute approximate surface area is 126 Å². The molecule has 19 heavy (non-hydrogen) atoms. The van der Waals surface area contributed by atoms with Crippen molar-refractivity contribution in [1.82, 2.24) is 5.32 Å². The Morgan fingerprint density at radius 2 is 2.16 bits per heavy atom. The lowest BCUT2D eigenvalue weighted by atomic mass is 10.0. The summed E-state index contributed by atoms with van der Waals surface area (Å²) in [5.74, 6) is -0.128. The van der Waals surface area contributed by atoms with Gasteiger partial charge in [0.05, 0.1) is 0 Å². The molecule has 1 aromatic carbocycles. The molecule has 1 aromatic heterocycles. The van der Waals surface area contributed by atoms with Gasteiger partial charge < -0.3 is 5.32 Å². The Morgan fingerprint density at radius 1 is 1.32 bits per heavy atom. The van der Waals surface area contributed by atoms with E-state index < -0.39 is 0 Å². The molecule has 1 nitrogen and oxygen atoms in total. The molecule has 0 aliphatic rings. The fourth-order valence-corrected chi connectivity index (χ4v) is 3.34. The first kappa shape index (κ1) is 14.7. The van der Waals surface area contributed by atoms with E-state index in [9.17, 15) is 4.39 Å². The molecule has 0 aliphatic carbocycles. The molecule has 0 aliphatic heterocycles. The lowest BCUT2D eigenvalue weighted by molar-refractivity contribution is 0.508. The molecule has 1 unspecified atom stereocenters. The maximum absolute atomic E-state index is 13.8. The van der Waals surface area contributed by atoms with Gasteiger partial charge in [0, 0.05) is 15.4 Å². The fraction of sp³-hybridized carbons (Fsp3) is 0.333. The van der Waals surface area contributed by atoms with E-state index in [2.05, 4.69) is 45.7 Å². The molecule has 1 atom stereocenters. The quantitative estimate of drug-likeness (QED) is 0.820. The van der Waals surface area contributed by atoms with Crippen LogP contribution in [0.4, 0.5) is 4.39 Å². The van der Waals surface area contributed by atoms with E-state index in [1.807, 2.05) is 6.07 Å². The second kappa shape index (κ2) is 7.17. The zero-order valence-corrected chi connectivity index (χ0v) is 13.2. The molecule has 0 amide bonds. The van der Waals surface area contributed by atoms with E-state index in [0.717, 1.165) is 23.0 Å². The molecule has 4 heteroatoms. The van der Waals surface area contributed by atoms with E-state index in [-0.39, 0.29) is 11.9 Å². The Bertz CT molecular complexity index is 513. The predicted octanol–water partition coefficient (Wildman–Crippen LogP) is 4.41. The van der Waals surface area contributed by atoms with Gasteiger partial charge in [0.2, 0.25) is 0 Å². The molecule has 2 aromatic rings. The van der Waals surface area contributed by atoms with Crippen LogP contribution < -0.4 is 5.32 Å². The number of benzene rings is 1. The average Bonchev–Trinajstić information content (AvgIpc) is 2.87. The highest BCUT2D eigenvalue weighted by atomic mass is 79.9. The first-order valence-electron chi connectivity index (χ1n) is 6.38. The maximum atomic E-state index is 13.8. The second-order valence-electron chi connectivity index (χ2n) is 4.48. The Hall–Kier alpha value is -0.710. The van der Waals surface area contributed by atoms with Crippen LogP contribution in [0.25, 0.3) is 0 Å².